The van der Waals surface area contributed by atoms with Gasteiger partial charge in [0.05, 0.1) is 4.92 Å². The first-order valence-corrected chi connectivity index (χ1v) is 7.08. The van der Waals surface area contributed by atoms with Crippen LogP contribution in [0.5, 0.6) is 0 Å². The summed E-state index contributed by atoms with van der Waals surface area (Å²) in [6.07, 6.45) is 14.0. The molecule has 3 saturated carbocycles. The average Bonchev–Trinajstić information content (AvgIpc) is 2.81. The van der Waals surface area contributed by atoms with Gasteiger partial charge in [-0.15, -0.1) is 0 Å². The molecule has 0 heterocycles. The zero-order chi connectivity index (χ0) is 11.9. The van der Waals surface area contributed by atoms with E-state index >= 15 is 0 Å². The molecule has 0 atom stereocenters. The molecule has 3 fully saturated rings. The quantitative estimate of drug-likeness (QED) is 0.508. The second-order valence-electron chi connectivity index (χ2n) is 6.11. The smallest absolute Gasteiger partial charge is 0.234 e. The van der Waals surface area contributed by atoms with E-state index in [4.69, 9.17) is 0 Å². The standard InChI is InChI=1S/C14H21NO2/c16-15(17)11-12-13(7-3-1-4-8-13)14(12)9-5-2-6-10-14/h11H,1-10H2. The van der Waals surface area contributed by atoms with Gasteiger partial charge in [0.1, 0.15) is 0 Å². The predicted molar refractivity (Wildman–Crippen MR) is 66.1 cm³/mol. The first-order valence-electron chi connectivity index (χ1n) is 7.08. The van der Waals surface area contributed by atoms with Crippen molar-refractivity contribution in [1.29, 1.82) is 0 Å². The van der Waals surface area contributed by atoms with Crippen molar-refractivity contribution in [2.75, 3.05) is 0 Å². The van der Waals surface area contributed by atoms with Crippen molar-refractivity contribution in [2.24, 2.45) is 10.8 Å². The lowest BCUT2D eigenvalue weighted by Crippen LogP contribution is -2.20. The minimum absolute atomic E-state index is 0.213. The summed E-state index contributed by atoms with van der Waals surface area (Å²) in [5.41, 5.74) is 1.74. The van der Waals surface area contributed by atoms with Crippen molar-refractivity contribution in [3.63, 3.8) is 0 Å². The molecule has 94 valence electrons. The van der Waals surface area contributed by atoms with Gasteiger partial charge < -0.3 is 0 Å². The van der Waals surface area contributed by atoms with Gasteiger partial charge in [0.15, 0.2) is 0 Å². The first-order chi connectivity index (χ1) is 8.21. The zero-order valence-corrected chi connectivity index (χ0v) is 10.4. The summed E-state index contributed by atoms with van der Waals surface area (Å²) in [4.78, 5) is 10.6. The fourth-order valence-electron chi connectivity index (χ4n) is 4.83. The lowest BCUT2D eigenvalue weighted by Gasteiger charge is -2.30. The second-order valence-corrected chi connectivity index (χ2v) is 6.11. The normalized spacial score (nSPS) is 29.3. The molecular weight excluding hydrogens is 214 g/mol. The van der Waals surface area contributed by atoms with Gasteiger partial charge in [0.25, 0.3) is 0 Å². The summed E-state index contributed by atoms with van der Waals surface area (Å²) < 4.78 is 0. The van der Waals surface area contributed by atoms with Crippen LogP contribution in [0.1, 0.15) is 64.2 Å². The van der Waals surface area contributed by atoms with Gasteiger partial charge in [-0.3, -0.25) is 10.1 Å². The third-order valence-corrected chi connectivity index (χ3v) is 5.53. The minimum atomic E-state index is -0.213. The SMILES string of the molecule is O=[N+]([O-])C=C1C2(CCCCC2)C12CCCCC2. The van der Waals surface area contributed by atoms with Gasteiger partial charge in [-0.25, -0.2) is 0 Å². The largest absolute Gasteiger partial charge is 0.259 e. The maximum atomic E-state index is 10.8. The highest BCUT2D eigenvalue weighted by molar-refractivity contribution is 5.45. The number of rotatable bonds is 1. The van der Waals surface area contributed by atoms with E-state index in [0.717, 1.165) is 0 Å². The van der Waals surface area contributed by atoms with Crippen LogP contribution in [0, 0.1) is 20.9 Å². The Kier molecular flexibility index (Phi) is 2.53. The molecule has 0 N–H and O–H groups in total. The third kappa shape index (κ3) is 1.47. The number of fused-ring (bicyclic) bond motifs is 1. The summed E-state index contributed by atoms with van der Waals surface area (Å²) in [5.74, 6) is 0. The minimum Gasteiger partial charge on any atom is -0.259 e. The van der Waals surface area contributed by atoms with Crippen LogP contribution in [0.15, 0.2) is 11.8 Å². The van der Waals surface area contributed by atoms with Crippen LogP contribution >= 0.6 is 0 Å². The number of nitro groups is 1. The highest BCUT2D eigenvalue weighted by Gasteiger charge is 2.72. The lowest BCUT2D eigenvalue weighted by molar-refractivity contribution is -0.403. The molecule has 0 aliphatic heterocycles. The molecule has 17 heavy (non-hydrogen) atoms. The van der Waals surface area contributed by atoms with Gasteiger partial charge in [0.2, 0.25) is 6.20 Å². The van der Waals surface area contributed by atoms with Gasteiger partial charge in [-0.2, -0.15) is 0 Å². The Morgan fingerprint density at radius 3 is 1.65 bits per heavy atom. The molecule has 0 amide bonds. The summed E-state index contributed by atoms with van der Waals surface area (Å²) >= 11 is 0. The predicted octanol–water partition coefficient (Wildman–Crippen LogP) is 4.06. The number of hydrogen-bond acceptors (Lipinski definition) is 2. The number of nitrogens with zero attached hydrogens (tertiary/aromatic N) is 1. The van der Waals surface area contributed by atoms with E-state index in [0.29, 0.717) is 0 Å². The molecule has 0 radical (unpaired) electrons. The summed E-state index contributed by atoms with van der Waals surface area (Å²) in [7, 11) is 0. The fraction of sp³-hybridized carbons (Fsp3) is 0.857. The molecule has 3 nitrogen and oxygen atoms in total. The van der Waals surface area contributed by atoms with E-state index in [1.807, 2.05) is 0 Å². The van der Waals surface area contributed by atoms with Crippen LogP contribution in [-0.4, -0.2) is 4.92 Å². The van der Waals surface area contributed by atoms with E-state index in [2.05, 4.69) is 0 Å². The molecule has 0 bridgehead atoms. The van der Waals surface area contributed by atoms with Gasteiger partial charge in [0, 0.05) is 16.4 Å². The lowest BCUT2D eigenvalue weighted by atomic mass is 9.73. The highest BCUT2D eigenvalue weighted by atomic mass is 16.6. The fourth-order valence-corrected chi connectivity index (χ4v) is 4.83. The van der Waals surface area contributed by atoms with E-state index < -0.39 is 0 Å². The Morgan fingerprint density at radius 1 is 0.882 bits per heavy atom. The molecule has 0 unspecified atom stereocenters. The van der Waals surface area contributed by atoms with Crippen LogP contribution in [0.25, 0.3) is 0 Å². The van der Waals surface area contributed by atoms with Crippen molar-refractivity contribution in [1.82, 2.24) is 0 Å². The van der Waals surface area contributed by atoms with Crippen molar-refractivity contribution < 1.29 is 4.92 Å². The van der Waals surface area contributed by atoms with Crippen molar-refractivity contribution >= 4 is 0 Å². The summed E-state index contributed by atoms with van der Waals surface area (Å²) in [6.45, 7) is 0. The Hall–Kier alpha value is -0.860. The van der Waals surface area contributed by atoms with Gasteiger partial charge in [-0.05, 0) is 25.7 Å². The van der Waals surface area contributed by atoms with Gasteiger partial charge in [-0.1, -0.05) is 38.5 Å². The van der Waals surface area contributed by atoms with Crippen LogP contribution in [-0.2, 0) is 0 Å². The molecule has 3 aliphatic rings. The Balaban J connectivity index is 1.93. The van der Waals surface area contributed by atoms with Crippen molar-refractivity contribution in [3.8, 4) is 0 Å². The average molecular weight is 235 g/mol. The van der Waals surface area contributed by atoms with E-state index in [-0.39, 0.29) is 15.8 Å². The molecule has 3 aliphatic carbocycles. The Labute approximate surface area is 102 Å². The highest BCUT2D eigenvalue weighted by Crippen LogP contribution is 2.79. The first kappa shape index (κ1) is 11.2. The van der Waals surface area contributed by atoms with Crippen molar-refractivity contribution in [3.05, 3.63) is 21.9 Å². The van der Waals surface area contributed by atoms with Crippen LogP contribution in [0.3, 0.4) is 0 Å². The zero-order valence-electron chi connectivity index (χ0n) is 10.4. The number of allylic oxidation sites excluding steroid dienone is 1. The molecule has 0 saturated heterocycles. The van der Waals surface area contributed by atoms with E-state index in [1.165, 1.54) is 76.0 Å². The summed E-state index contributed by atoms with van der Waals surface area (Å²) in [6, 6.07) is 0. The maximum absolute atomic E-state index is 10.8. The van der Waals surface area contributed by atoms with Crippen molar-refractivity contribution in [2.45, 2.75) is 64.2 Å². The molecule has 3 rings (SSSR count). The maximum Gasteiger partial charge on any atom is 0.234 e. The van der Waals surface area contributed by atoms with Gasteiger partial charge >= 0.3 is 0 Å². The molecular formula is C14H21NO2. The Morgan fingerprint density at radius 2 is 1.29 bits per heavy atom. The van der Waals surface area contributed by atoms with Crippen LogP contribution < -0.4 is 0 Å². The molecule has 0 aromatic carbocycles. The summed E-state index contributed by atoms with van der Waals surface area (Å²) in [5, 5.41) is 10.8. The molecule has 0 aromatic heterocycles. The molecule has 3 heteroatoms. The third-order valence-electron chi connectivity index (χ3n) is 5.53. The van der Waals surface area contributed by atoms with Crippen LogP contribution in [0.2, 0.25) is 0 Å². The van der Waals surface area contributed by atoms with E-state index in [9.17, 15) is 10.1 Å². The van der Waals surface area contributed by atoms with E-state index in [1.54, 1.807) is 0 Å². The molecule has 0 aromatic rings. The molecule has 2 spiro atoms. The topological polar surface area (TPSA) is 43.1 Å². The van der Waals surface area contributed by atoms with Crippen LogP contribution in [0.4, 0.5) is 0 Å². The Bertz CT molecular complexity index is 334. The number of hydrogen-bond donors (Lipinski definition) is 0. The monoisotopic (exact) mass is 235 g/mol. The second kappa shape index (κ2) is 3.82.